The van der Waals surface area contributed by atoms with Gasteiger partial charge >= 0.3 is 0 Å². The first kappa shape index (κ1) is 11.9. The van der Waals surface area contributed by atoms with Crippen LogP contribution in [0, 0.1) is 0 Å². The standard InChI is InChI=1S/C10H22O2/c1-4-6-7-10(12-5-2)8-9(3)11/h9-11H,4-8H2,1-3H3. The van der Waals surface area contributed by atoms with Gasteiger partial charge in [0.1, 0.15) is 0 Å². The second kappa shape index (κ2) is 7.56. The number of hydrogen-bond donors (Lipinski definition) is 1. The molecule has 0 aromatic rings. The van der Waals surface area contributed by atoms with E-state index >= 15 is 0 Å². The van der Waals surface area contributed by atoms with Crippen molar-refractivity contribution in [3.05, 3.63) is 0 Å². The van der Waals surface area contributed by atoms with E-state index in [-0.39, 0.29) is 12.2 Å². The third kappa shape index (κ3) is 6.62. The lowest BCUT2D eigenvalue weighted by atomic mass is 10.1. The molecular weight excluding hydrogens is 152 g/mol. The SMILES string of the molecule is CCCCC(CC(C)O)OCC. The predicted octanol–water partition coefficient (Wildman–Crippen LogP) is 2.35. The molecule has 0 aromatic carbocycles. The van der Waals surface area contributed by atoms with Crippen molar-refractivity contribution < 1.29 is 9.84 Å². The van der Waals surface area contributed by atoms with Crippen LogP contribution in [0.5, 0.6) is 0 Å². The molecule has 0 aliphatic rings. The lowest BCUT2D eigenvalue weighted by Crippen LogP contribution is -2.18. The van der Waals surface area contributed by atoms with Gasteiger partial charge in [-0.15, -0.1) is 0 Å². The molecule has 0 aliphatic heterocycles. The summed E-state index contributed by atoms with van der Waals surface area (Å²) in [5, 5.41) is 9.17. The molecular formula is C10H22O2. The maximum Gasteiger partial charge on any atom is 0.0599 e. The first-order chi connectivity index (χ1) is 5.70. The zero-order valence-electron chi connectivity index (χ0n) is 8.55. The van der Waals surface area contributed by atoms with Crippen molar-refractivity contribution in [2.45, 2.75) is 58.7 Å². The van der Waals surface area contributed by atoms with Crippen molar-refractivity contribution in [1.82, 2.24) is 0 Å². The Bertz CT molecular complexity index is 91.8. The summed E-state index contributed by atoms with van der Waals surface area (Å²) in [7, 11) is 0. The van der Waals surface area contributed by atoms with E-state index < -0.39 is 0 Å². The molecule has 0 rings (SSSR count). The second-order valence-electron chi connectivity index (χ2n) is 3.30. The summed E-state index contributed by atoms with van der Waals surface area (Å²) in [6.07, 6.45) is 4.26. The highest BCUT2D eigenvalue weighted by Gasteiger charge is 2.10. The van der Waals surface area contributed by atoms with Crippen molar-refractivity contribution in [2.75, 3.05) is 6.61 Å². The molecule has 2 heteroatoms. The summed E-state index contributed by atoms with van der Waals surface area (Å²) < 4.78 is 5.49. The van der Waals surface area contributed by atoms with Crippen molar-refractivity contribution in [1.29, 1.82) is 0 Å². The average Bonchev–Trinajstić information content (AvgIpc) is 2.00. The van der Waals surface area contributed by atoms with Crippen LogP contribution in [0.2, 0.25) is 0 Å². The molecule has 0 amide bonds. The molecule has 2 atom stereocenters. The van der Waals surface area contributed by atoms with Crippen molar-refractivity contribution >= 4 is 0 Å². The smallest absolute Gasteiger partial charge is 0.0599 e. The van der Waals surface area contributed by atoms with Gasteiger partial charge in [0.2, 0.25) is 0 Å². The van der Waals surface area contributed by atoms with Crippen LogP contribution < -0.4 is 0 Å². The van der Waals surface area contributed by atoms with Gasteiger partial charge in [0.05, 0.1) is 12.2 Å². The highest BCUT2D eigenvalue weighted by Crippen LogP contribution is 2.10. The Kier molecular flexibility index (Phi) is 7.51. The van der Waals surface area contributed by atoms with Gasteiger partial charge in [-0.1, -0.05) is 19.8 Å². The van der Waals surface area contributed by atoms with Crippen molar-refractivity contribution in [3.63, 3.8) is 0 Å². The van der Waals surface area contributed by atoms with Crippen LogP contribution in [-0.2, 0) is 4.74 Å². The maximum absolute atomic E-state index is 9.17. The molecule has 0 aromatic heterocycles. The third-order valence-corrected chi connectivity index (χ3v) is 1.89. The van der Waals surface area contributed by atoms with Gasteiger partial charge in [-0.25, -0.2) is 0 Å². The van der Waals surface area contributed by atoms with Crippen LogP contribution in [-0.4, -0.2) is 23.9 Å². The summed E-state index contributed by atoms with van der Waals surface area (Å²) in [6, 6.07) is 0. The van der Waals surface area contributed by atoms with E-state index in [4.69, 9.17) is 9.84 Å². The molecule has 0 aliphatic carbocycles. The fourth-order valence-electron chi connectivity index (χ4n) is 1.32. The molecule has 0 fully saturated rings. The molecule has 2 nitrogen and oxygen atoms in total. The zero-order chi connectivity index (χ0) is 9.40. The lowest BCUT2D eigenvalue weighted by molar-refractivity contribution is 0.0188. The van der Waals surface area contributed by atoms with Gasteiger partial charge in [-0.2, -0.15) is 0 Å². The minimum absolute atomic E-state index is 0.238. The summed E-state index contributed by atoms with van der Waals surface area (Å²) in [4.78, 5) is 0. The Hall–Kier alpha value is -0.0800. The van der Waals surface area contributed by atoms with Crippen LogP contribution >= 0.6 is 0 Å². The van der Waals surface area contributed by atoms with Gasteiger partial charge in [0.15, 0.2) is 0 Å². The quantitative estimate of drug-likeness (QED) is 0.642. The van der Waals surface area contributed by atoms with Crippen LogP contribution in [0.1, 0.15) is 46.5 Å². The number of rotatable bonds is 7. The average molecular weight is 174 g/mol. The van der Waals surface area contributed by atoms with Crippen molar-refractivity contribution in [2.24, 2.45) is 0 Å². The van der Waals surface area contributed by atoms with Crippen LogP contribution in [0.4, 0.5) is 0 Å². The Morgan fingerprint density at radius 2 is 2.00 bits per heavy atom. The molecule has 0 bridgehead atoms. The Morgan fingerprint density at radius 3 is 2.42 bits per heavy atom. The molecule has 0 spiro atoms. The van der Waals surface area contributed by atoms with Crippen LogP contribution in [0.25, 0.3) is 0 Å². The lowest BCUT2D eigenvalue weighted by Gasteiger charge is -2.17. The highest BCUT2D eigenvalue weighted by molar-refractivity contribution is 4.61. The van der Waals surface area contributed by atoms with Gasteiger partial charge in [0, 0.05) is 6.61 Å². The third-order valence-electron chi connectivity index (χ3n) is 1.89. The minimum Gasteiger partial charge on any atom is -0.393 e. The number of ether oxygens (including phenoxy) is 1. The highest BCUT2D eigenvalue weighted by atomic mass is 16.5. The van der Waals surface area contributed by atoms with Crippen LogP contribution in [0.15, 0.2) is 0 Å². The molecule has 2 unspecified atom stereocenters. The molecule has 0 heterocycles. The molecule has 0 radical (unpaired) electrons. The fraction of sp³-hybridized carbons (Fsp3) is 1.00. The van der Waals surface area contributed by atoms with Gasteiger partial charge in [-0.05, 0) is 26.7 Å². The number of hydrogen-bond acceptors (Lipinski definition) is 2. The molecule has 0 saturated carbocycles. The van der Waals surface area contributed by atoms with E-state index in [1.807, 2.05) is 13.8 Å². The summed E-state index contributed by atoms with van der Waals surface area (Å²) in [5.74, 6) is 0. The van der Waals surface area contributed by atoms with Gasteiger partial charge < -0.3 is 9.84 Å². The predicted molar refractivity (Wildman–Crippen MR) is 51.2 cm³/mol. The number of aliphatic hydroxyl groups excluding tert-OH is 1. The zero-order valence-corrected chi connectivity index (χ0v) is 8.55. The minimum atomic E-state index is -0.238. The van der Waals surface area contributed by atoms with Crippen molar-refractivity contribution in [3.8, 4) is 0 Å². The summed E-state index contributed by atoms with van der Waals surface area (Å²) >= 11 is 0. The molecule has 74 valence electrons. The van der Waals surface area contributed by atoms with E-state index in [0.717, 1.165) is 19.4 Å². The molecule has 1 N–H and O–H groups in total. The Labute approximate surface area is 75.9 Å². The van der Waals surface area contributed by atoms with Gasteiger partial charge in [-0.3, -0.25) is 0 Å². The number of unbranched alkanes of at least 4 members (excludes halogenated alkanes) is 1. The van der Waals surface area contributed by atoms with Gasteiger partial charge in [0.25, 0.3) is 0 Å². The number of aliphatic hydroxyl groups is 1. The van der Waals surface area contributed by atoms with E-state index in [2.05, 4.69) is 6.92 Å². The van der Waals surface area contributed by atoms with E-state index in [1.165, 1.54) is 12.8 Å². The fourth-order valence-corrected chi connectivity index (χ4v) is 1.32. The summed E-state index contributed by atoms with van der Waals surface area (Å²) in [6.45, 7) is 6.74. The normalized spacial score (nSPS) is 16.0. The molecule has 12 heavy (non-hydrogen) atoms. The maximum atomic E-state index is 9.17. The first-order valence-electron chi connectivity index (χ1n) is 5.00. The summed E-state index contributed by atoms with van der Waals surface area (Å²) in [5.41, 5.74) is 0. The van der Waals surface area contributed by atoms with Crippen LogP contribution in [0.3, 0.4) is 0 Å². The van der Waals surface area contributed by atoms with E-state index in [0.29, 0.717) is 0 Å². The monoisotopic (exact) mass is 174 g/mol. The largest absolute Gasteiger partial charge is 0.393 e. The Morgan fingerprint density at radius 1 is 1.33 bits per heavy atom. The van der Waals surface area contributed by atoms with E-state index in [9.17, 15) is 0 Å². The molecule has 0 saturated heterocycles. The topological polar surface area (TPSA) is 29.5 Å². The van der Waals surface area contributed by atoms with E-state index in [1.54, 1.807) is 0 Å². The Balaban J connectivity index is 3.54. The first-order valence-corrected chi connectivity index (χ1v) is 5.00. The second-order valence-corrected chi connectivity index (χ2v) is 3.30.